The molecule has 10 heteroatoms. The first-order valence-electron chi connectivity index (χ1n) is 11.2. The lowest BCUT2D eigenvalue weighted by Crippen LogP contribution is -2.37. The van der Waals surface area contributed by atoms with Gasteiger partial charge >= 0.3 is 0 Å². The van der Waals surface area contributed by atoms with E-state index in [2.05, 4.69) is 0 Å². The van der Waals surface area contributed by atoms with Crippen molar-refractivity contribution in [2.75, 3.05) is 26.2 Å². The van der Waals surface area contributed by atoms with Crippen LogP contribution in [0.5, 0.6) is 0 Å². The minimum Gasteiger partial charge on any atom is -0.366 e. The van der Waals surface area contributed by atoms with Crippen molar-refractivity contribution < 1.29 is 18.0 Å². The van der Waals surface area contributed by atoms with Gasteiger partial charge in [0.15, 0.2) is 0 Å². The predicted molar refractivity (Wildman–Crippen MR) is 137 cm³/mol. The van der Waals surface area contributed by atoms with Crippen molar-refractivity contribution in [1.29, 1.82) is 0 Å². The summed E-state index contributed by atoms with van der Waals surface area (Å²) >= 11 is 7.25. The standard InChI is InChI=1S/C25H26ClN3O4S2/c26-20-7-9-22(25(27)31)19(16-20)17-21-8-10-24(34-21)35(32,33)29-12-4-11-28(13-14-29)23(30)15-18-5-2-1-3-6-18/h1-3,5-10,16H,4,11-15,17H2,(H2,27,31). The molecule has 2 aromatic carbocycles. The van der Waals surface area contributed by atoms with Crippen molar-refractivity contribution in [3.63, 3.8) is 0 Å². The van der Waals surface area contributed by atoms with Crippen LogP contribution in [0.4, 0.5) is 0 Å². The average Bonchev–Trinajstić information content (AvgIpc) is 3.14. The predicted octanol–water partition coefficient (Wildman–Crippen LogP) is 3.56. The molecule has 1 aromatic heterocycles. The van der Waals surface area contributed by atoms with Crippen molar-refractivity contribution >= 4 is 44.8 Å². The molecule has 7 nitrogen and oxygen atoms in total. The average molecular weight is 532 g/mol. The van der Waals surface area contributed by atoms with E-state index in [1.807, 2.05) is 30.3 Å². The first kappa shape index (κ1) is 25.4. The van der Waals surface area contributed by atoms with Crippen molar-refractivity contribution in [2.45, 2.75) is 23.5 Å². The van der Waals surface area contributed by atoms with Gasteiger partial charge in [-0.15, -0.1) is 11.3 Å². The summed E-state index contributed by atoms with van der Waals surface area (Å²) in [5.74, 6) is -0.558. The number of thiophene rings is 1. The number of rotatable bonds is 7. The molecule has 2 heterocycles. The van der Waals surface area contributed by atoms with Gasteiger partial charge in [-0.25, -0.2) is 8.42 Å². The highest BCUT2D eigenvalue weighted by Crippen LogP contribution is 2.29. The second kappa shape index (κ2) is 10.9. The molecule has 0 atom stereocenters. The van der Waals surface area contributed by atoms with Gasteiger partial charge in [-0.05, 0) is 47.9 Å². The molecule has 4 rings (SSSR count). The third-order valence-electron chi connectivity index (χ3n) is 5.93. The Kier molecular flexibility index (Phi) is 7.91. The lowest BCUT2D eigenvalue weighted by Gasteiger charge is -2.21. The van der Waals surface area contributed by atoms with Gasteiger partial charge in [0, 0.05) is 48.1 Å². The van der Waals surface area contributed by atoms with E-state index < -0.39 is 15.9 Å². The van der Waals surface area contributed by atoms with Gasteiger partial charge < -0.3 is 10.6 Å². The molecule has 2 amide bonds. The highest BCUT2D eigenvalue weighted by atomic mass is 35.5. The van der Waals surface area contributed by atoms with E-state index in [1.165, 1.54) is 4.31 Å². The van der Waals surface area contributed by atoms with E-state index >= 15 is 0 Å². The van der Waals surface area contributed by atoms with Crippen LogP contribution in [-0.4, -0.2) is 55.6 Å². The zero-order valence-electron chi connectivity index (χ0n) is 19.0. The number of carbonyl (C=O) groups is 2. The third-order valence-corrected chi connectivity index (χ3v) is 9.62. The number of benzene rings is 2. The molecule has 0 aliphatic carbocycles. The second-order valence-electron chi connectivity index (χ2n) is 8.36. The quantitative estimate of drug-likeness (QED) is 0.503. The summed E-state index contributed by atoms with van der Waals surface area (Å²) in [5, 5.41) is 0.477. The Labute approximate surface area is 214 Å². The van der Waals surface area contributed by atoms with E-state index in [1.54, 1.807) is 35.2 Å². The molecular weight excluding hydrogens is 506 g/mol. The summed E-state index contributed by atoms with van der Waals surface area (Å²) < 4.78 is 28.4. The minimum absolute atomic E-state index is 0.000588. The fraction of sp³-hybridized carbons (Fsp3) is 0.280. The summed E-state index contributed by atoms with van der Waals surface area (Å²) in [6.45, 7) is 1.48. The van der Waals surface area contributed by atoms with Crippen molar-refractivity contribution in [2.24, 2.45) is 5.73 Å². The van der Waals surface area contributed by atoms with Crippen molar-refractivity contribution in [3.05, 3.63) is 87.3 Å². The van der Waals surface area contributed by atoms with Gasteiger partial charge in [-0.3, -0.25) is 9.59 Å². The Morgan fingerprint density at radius 2 is 1.74 bits per heavy atom. The number of nitrogens with zero attached hydrogens (tertiary/aromatic N) is 2. The molecule has 3 aromatic rings. The van der Waals surface area contributed by atoms with Crippen LogP contribution in [0.1, 0.15) is 32.8 Å². The summed E-state index contributed by atoms with van der Waals surface area (Å²) in [7, 11) is -3.70. The number of hydrogen-bond donors (Lipinski definition) is 1. The van der Waals surface area contributed by atoms with E-state index in [0.29, 0.717) is 55.0 Å². The second-order valence-corrected chi connectivity index (χ2v) is 12.1. The monoisotopic (exact) mass is 531 g/mol. The number of primary amides is 1. The number of amides is 2. The molecule has 0 radical (unpaired) electrons. The highest BCUT2D eigenvalue weighted by Gasteiger charge is 2.29. The maximum atomic E-state index is 13.3. The number of nitrogens with two attached hydrogens (primary N) is 1. The Hall–Kier alpha value is -2.72. The Morgan fingerprint density at radius 3 is 2.49 bits per heavy atom. The largest absolute Gasteiger partial charge is 0.366 e. The van der Waals surface area contributed by atoms with Gasteiger partial charge in [0.25, 0.3) is 10.0 Å². The zero-order chi connectivity index (χ0) is 25.0. The lowest BCUT2D eigenvalue weighted by molar-refractivity contribution is -0.130. The van der Waals surface area contributed by atoms with Crippen LogP contribution in [0.3, 0.4) is 0 Å². The summed E-state index contributed by atoms with van der Waals surface area (Å²) in [6, 6.07) is 17.7. The molecule has 35 heavy (non-hydrogen) atoms. The summed E-state index contributed by atoms with van der Waals surface area (Å²) in [6.07, 6.45) is 1.22. The van der Waals surface area contributed by atoms with Crippen molar-refractivity contribution in [1.82, 2.24) is 9.21 Å². The van der Waals surface area contributed by atoms with Crippen LogP contribution in [0.2, 0.25) is 5.02 Å². The number of sulfonamides is 1. The van der Waals surface area contributed by atoms with Gasteiger partial charge in [-0.1, -0.05) is 41.9 Å². The molecule has 0 bridgehead atoms. The maximum absolute atomic E-state index is 13.3. The molecule has 0 unspecified atom stereocenters. The minimum atomic E-state index is -3.70. The molecule has 1 fully saturated rings. The molecule has 0 spiro atoms. The van der Waals surface area contributed by atoms with Crippen LogP contribution in [0.25, 0.3) is 0 Å². The van der Waals surface area contributed by atoms with Gasteiger partial charge in [-0.2, -0.15) is 4.31 Å². The van der Waals surface area contributed by atoms with Gasteiger partial charge in [0.05, 0.1) is 6.42 Å². The molecule has 1 saturated heterocycles. The molecule has 1 aliphatic rings. The van der Waals surface area contributed by atoms with Crippen LogP contribution < -0.4 is 5.73 Å². The fourth-order valence-corrected chi connectivity index (χ4v) is 7.32. The topological polar surface area (TPSA) is 101 Å². The van der Waals surface area contributed by atoms with Gasteiger partial charge in [0.1, 0.15) is 4.21 Å². The molecule has 1 aliphatic heterocycles. The van der Waals surface area contributed by atoms with E-state index in [4.69, 9.17) is 17.3 Å². The number of hydrogen-bond acceptors (Lipinski definition) is 5. The van der Waals surface area contributed by atoms with Crippen LogP contribution >= 0.6 is 22.9 Å². The highest BCUT2D eigenvalue weighted by molar-refractivity contribution is 7.91. The van der Waals surface area contributed by atoms with Crippen LogP contribution in [0.15, 0.2) is 64.9 Å². The molecule has 0 saturated carbocycles. The number of carbonyl (C=O) groups excluding carboxylic acids is 2. The first-order chi connectivity index (χ1) is 16.7. The Morgan fingerprint density at radius 1 is 0.971 bits per heavy atom. The first-order valence-corrected chi connectivity index (χ1v) is 13.9. The SMILES string of the molecule is NC(=O)c1ccc(Cl)cc1Cc1ccc(S(=O)(=O)N2CCCN(C(=O)Cc3ccccc3)CC2)s1. The molecule has 184 valence electrons. The fourth-order valence-electron chi connectivity index (χ4n) is 4.12. The van der Waals surface area contributed by atoms with Crippen molar-refractivity contribution in [3.8, 4) is 0 Å². The maximum Gasteiger partial charge on any atom is 0.252 e. The molecule has 2 N–H and O–H groups in total. The smallest absolute Gasteiger partial charge is 0.252 e. The summed E-state index contributed by atoms with van der Waals surface area (Å²) in [5.41, 5.74) is 7.42. The third kappa shape index (κ3) is 6.10. The van der Waals surface area contributed by atoms with Gasteiger partial charge in [0.2, 0.25) is 11.8 Å². The number of halogens is 1. The lowest BCUT2D eigenvalue weighted by atomic mass is 10.0. The zero-order valence-corrected chi connectivity index (χ0v) is 21.4. The Balaban J connectivity index is 1.44. The van der Waals surface area contributed by atoms with Crippen LogP contribution in [-0.2, 0) is 27.7 Å². The van der Waals surface area contributed by atoms with E-state index in [9.17, 15) is 18.0 Å². The normalized spacial score (nSPS) is 15.1. The van der Waals surface area contributed by atoms with E-state index in [0.717, 1.165) is 21.8 Å². The Bertz CT molecular complexity index is 1330. The summed E-state index contributed by atoms with van der Waals surface area (Å²) in [4.78, 5) is 27.0. The molecular formula is C25H26ClN3O4S2. The van der Waals surface area contributed by atoms with E-state index in [-0.39, 0.29) is 16.7 Å². The van der Waals surface area contributed by atoms with Crippen LogP contribution in [0, 0.1) is 0 Å².